The molecule has 1 aliphatic heterocycles. The molecular formula is C17H19N7O2. The van der Waals surface area contributed by atoms with Gasteiger partial charge in [-0.1, -0.05) is 0 Å². The minimum atomic E-state index is -0.173. The van der Waals surface area contributed by atoms with Crippen LogP contribution in [0.25, 0.3) is 5.78 Å². The third-order valence-corrected chi connectivity index (χ3v) is 4.92. The van der Waals surface area contributed by atoms with Crippen LogP contribution in [0.5, 0.6) is 0 Å². The number of aryl methyl sites for hydroxylation is 1. The molecule has 0 spiro atoms. The lowest BCUT2D eigenvalue weighted by molar-refractivity contribution is 0.182. The molecule has 1 saturated heterocycles. The van der Waals surface area contributed by atoms with Gasteiger partial charge in [0.05, 0.1) is 24.9 Å². The van der Waals surface area contributed by atoms with Crippen molar-refractivity contribution in [1.82, 2.24) is 29.4 Å². The maximum absolute atomic E-state index is 12.4. The number of hydrogen-bond donors (Lipinski definition) is 1. The van der Waals surface area contributed by atoms with Crippen molar-refractivity contribution in [3.63, 3.8) is 0 Å². The molecule has 1 N–H and O–H groups in total. The SMILES string of the molecule is Cc1cc(NC2COCC2n2nc(C3CC3)ccc2=O)n2ncnc2n1. The van der Waals surface area contributed by atoms with Crippen LogP contribution in [-0.2, 0) is 4.74 Å². The molecule has 1 aliphatic carbocycles. The van der Waals surface area contributed by atoms with Crippen LogP contribution in [-0.4, -0.2) is 48.6 Å². The van der Waals surface area contributed by atoms with Gasteiger partial charge in [-0.05, 0) is 25.8 Å². The first kappa shape index (κ1) is 15.4. The van der Waals surface area contributed by atoms with Gasteiger partial charge in [-0.3, -0.25) is 4.79 Å². The Kier molecular flexibility index (Phi) is 3.49. The van der Waals surface area contributed by atoms with E-state index >= 15 is 0 Å². The molecule has 0 amide bonds. The number of hydrogen-bond acceptors (Lipinski definition) is 7. The van der Waals surface area contributed by atoms with Gasteiger partial charge in [0.15, 0.2) is 0 Å². The molecule has 1 saturated carbocycles. The van der Waals surface area contributed by atoms with Crippen LogP contribution in [0.1, 0.15) is 36.2 Å². The molecule has 26 heavy (non-hydrogen) atoms. The van der Waals surface area contributed by atoms with E-state index in [2.05, 4.69) is 25.5 Å². The topological polar surface area (TPSA) is 99.2 Å². The fourth-order valence-electron chi connectivity index (χ4n) is 3.42. The summed E-state index contributed by atoms with van der Waals surface area (Å²) in [6.45, 7) is 2.85. The molecule has 4 heterocycles. The largest absolute Gasteiger partial charge is 0.377 e. The van der Waals surface area contributed by atoms with E-state index in [0.29, 0.717) is 24.9 Å². The lowest BCUT2D eigenvalue weighted by Gasteiger charge is -2.22. The van der Waals surface area contributed by atoms with Crippen LogP contribution in [0.3, 0.4) is 0 Å². The van der Waals surface area contributed by atoms with Crippen LogP contribution in [0.2, 0.25) is 0 Å². The number of anilines is 1. The summed E-state index contributed by atoms with van der Waals surface area (Å²) in [5.41, 5.74) is 1.73. The quantitative estimate of drug-likeness (QED) is 0.744. The zero-order valence-electron chi connectivity index (χ0n) is 14.4. The predicted molar refractivity (Wildman–Crippen MR) is 93.3 cm³/mol. The van der Waals surface area contributed by atoms with E-state index in [4.69, 9.17) is 4.74 Å². The van der Waals surface area contributed by atoms with Crippen molar-refractivity contribution in [2.75, 3.05) is 18.5 Å². The maximum Gasteiger partial charge on any atom is 0.267 e. The minimum Gasteiger partial charge on any atom is -0.377 e. The Hall–Kier alpha value is -2.81. The normalized spacial score (nSPS) is 22.8. The number of aromatic nitrogens is 6. The maximum atomic E-state index is 12.4. The number of nitrogens with one attached hydrogen (secondary N) is 1. The Morgan fingerprint density at radius 2 is 2.15 bits per heavy atom. The smallest absolute Gasteiger partial charge is 0.267 e. The summed E-state index contributed by atoms with van der Waals surface area (Å²) >= 11 is 0. The molecule has 2 unspecified atom stereocenters. The standard InChI is InChI=1S/C17H19N7O2/c1-10-6-15(24-17(20-10)18-9-19-24)21-13-7-26-8-14(13)23-16(25)5-4-12(22-23)11-2-3-11/h4-6,9,11,13-14,21H,2-3,7-8H2,1H3. The second kappa shape index (κ2) is 5.87. The van der Waals surface area contributed by atoms with Crippen molar-refractivity contribution < 1.29 is 4.74 Å². The summed E-state index contributed by atoms with van der Waals surface area (Å²) in [6, 6.07) is 5.10. The number of nitrogens with zero attached hydrogens (tertiary/aromatic N) is 6. The van der Waals surface area contributed by atoms with Crippen LogP contribution in [0.15, 0.2) is 29.3 Å². The van der Waals surface area contributed by atoms with E-state index < -0.39 is 0 Å². The van der Waals surface area contributed by atoms with Gasteiger partial charge in [-0.15, -0.1) is 0 Å². The van der Waals surface area contributed by atoms with E-state index in [1.807, 2.05) is 19.1 Å². The van der Waals surface area contributed by atoms with E-state index in [-0.39, 0.29) is 17.6 Å². The summed E-state index contributed by atoms with van der Waals surface area (Å²) in [5, 5.41) is 12.3. The molecule has 3 aromatic rings. The third-order valence-electron chi connectivity index (χ3n) is 4.92. The highest BCUT2D eigenvalue weighted by atomic mass is 16.5. The number of ether oxygens (including phenoxy) is 1. The second-order valence-corrected chi connectivity index (χ2v) is 6.93. The molecule has 0 bridgehead atoms. The first-order chi connectivity index (χ1) is 12.7. The Morgan fingerprint density at radius 1 is 1.27 bits per heavy atom. The van der Waals surface area contributed by atoms with Gasteiger partial charge >= 0.3 is 0 Å². The first-order valence-corrected chi connectivity index (χ1v) is 8.80. The molecule has 134 valence electrons. The summed E-state index contributed by atoms with van der Waals surface area (Å²) in [7, 11) is 0. The van der Waals surface area contributed by atoms with Crippen LogP contribution < -0.4 is 10.9 Å². The molecule has 5 rings (SSSR count). The van der Waals surface area contributed by atoms with Gasteiger partial charge in [0.2, 0.25) is 0 Å². The first-order valence-electron chi connectivity index (χ1n) is 8.80. The van der Waals surface area contributed by atoms with E-state index in [0.717, 1.165) is 30.0 Å². The molecule has 2 aliphatic rings. The highest BCUT2D eigenvalue weighted by molar-refractivity contribution is 5.45. The van der Waals surface area contributed by atoms with Gasteiger partial charge in [0.1, 0.15) is 18.2 Å². The summed E-state index contributed by atoms with van der Waals surface area (Å²) in [6.07, 6.45) is 3.77. The average Bonchev–Trinajstić information content (AvgIpc) is 3.19. The lowest BCUT2D eigenvalue weighted by atomic mass is 10.1. The Bertz CT molecular complexity index is 1020. The zero-order chi connectivity index (χ0) is 17.7. The fraction of sp³-hybridized carbons (Fsp3) is 0.471. The van der Waals surface area contributed by atoms with E-state index in [1.165, 1.54) is 6.33 Å². The molecule has 2 fully saturated rings. The van der Waals surface area contributed by atoms with Crippen molar-refractivity contribution in [2.45, 2.75) is 37.8 Å². The van der Waals surface area contributed by atoms with Gasteiger partial charge in [-0.25, -0.2) is 9.67 Å². The van der Waals surface area contributed by atoms with Gasteiger partial charge < -0.3 is 10.1 Å². The van der Waals surface area contributed by atoms with Gasteiger partial charge in [0.25, 0.3) is 11.3 Å². The Labute approximate surface area is 149 Å². The van der Waals surface area contributed by atoms with Crippen molar-refractivity contribution >= 4 is 11.6 Å². The highest BCUT2D eigenvalue weighted by Crippen LogP contribution is 2.38. The Morgan fingerprint density at radius 3 is 3.00 bits per heavy atom. The predicted octanol–water partition coefficient (Wildman–Crippen LogP) is 0.919. The van der Waals surface area contributed by atoms with E-state index in [9.17, 15) is 4.79 Å². The van der Waals surface area contributed by atoms with Gasteiger partial charge in [-0.2, -0.15) is 19.7 Å². The van der Waals surface area contributed by atoms with Crippen LogP contribution in [0, 0.1) is 6.92 Å². The Balaban J connectivity index is 1.48. The number of fused-ring (bicyclic) bond motifs is 1. The molecule has 9 heteroatoms. The molecule has 0 radical (unpaired) electrons. The fourth-order valence-corrected chi connectivity index (χ4v) is 3.42. The average molecular weight is 353 g/mol. The highest BCUT2D eigenvalue weighted by Gasteiger charge is 2.33. The molecule has 9 nitrogen and oxygen atoms in total. The molecule has 0 aromatic carbocycles. The monoisotopic (exact) mass is 353 g/mol. The van der Waals surface area contributed by atoms with Crippen molar-refractivity contribution in [3.05, 3.63) is 46.3 Å². The summed E-state index contributed by atoms with van der Waals surface area (Å²) in [4.78, 5) is 20.9. The van der Waals surface area contributed by atoms with E-state index in [1.54, 1.807) is 15.3 Å². The summed E-state index contributed by atoms with van der Waals surface area (Å²) in [5.74, 6) is 1.80. The van der Waals surface area contributed by atoms with Gasteiger partial charge in [0, 0.05) is 23.7 Å². The van der Waals surface area contributed by atoms with Crippen molar-refractivity contribution in [3.8, 4) is 0 Å². The zero-order valence-corrected chi connectivity index (χ0v) is 14.4. The van der Waals surface area contributed by atoms with Crippen molar-refractivity contribution in [1.29, 1.82) is 0 Å². The van der Waals surface area contributed by atoms with Crippen molar-refractivity contribution in [2.24, 2.45) is 0 Å². The van der Waals surface area contributed by atoms with Crippen LogP contribution >= 0.6 is 0 Å². The third kappa shape index (κ3) is 2.64. The van der Waals surface area contributed by atoms with Crippen LogP contribution in [0.4, 0.5) is 5.82 Å². The molecular weight excluding hydrogens is 334 g/mol. The molecule has 2 atom stereocenters. The lowest BCUT2D eigenvalue weighted by Crippen LogP contribution is -2.38. The summed E-state index contributed by atoms with van der Waals surface area (Å²) < 4.78 is 8.89. The second-order valence-electron chi connectivity index (χ2n) is 6.93. The molecule has 3 aromatic heterocycles. The minimum absolute atomic E-state index is 0.0937. The number of rotatable bonds is 4.